The lowest BCUT2D eigenvalue weighted by molar-refractivity contribution is 0.401. The summed E-state index contributed by atoms with van der Waals surface area (Å²) in [7, 11) is 1.64. The molecule has 0 heterocycles. The molecule has 0 unspecified atom stereocenters. The SMILES string of the molecule is COc1cc(-c2ccccc2)cc(O)c1Cc1ccccc1. The monoisotopic (exact) mass is 290 g/mol. The van der Waals surface area contributed by atoms with Gasteiger partial charge in [0.15, 0.2) is 0 Å². The van der Waals surface area contributed by atoms with Crippen molar-refractivity contribution in [1.82, 2.24) is 0 Å². The molecule has 3 aromatic carbocycles. The second-order valence-electron chi connectivity index (χ2n) is 5.20. The number of aromatic hydroxyl groups is 1. The van der Waals surface area contributed by atoms with Gasteiger partial charge in [0.2, 0.25) is 0 Å². The minimum atomic E-state index is 0.266. The molecule has 0 aliphatic heterocycles. The van der Waals surface area contributed by atoms with Crippen LogP contribution in [0.1, 0.15) is 11.1 Å². The van der Waals surface area contributed by atoms with Gasteiger partial charge in [-0.25, -0.2) is 0 Å². The van der Waals surface area contributed by atoms with Gasteiger partial charge in [-0.2, -0.15) is 0 Å². The molecule has 0 aliphatic rings. The zero-order chi connectivity index (χ0) is 15.4. The maximum Gasteiger partial charge on any atom is 0.126 e. The van der Waals surface area contributed by atoms with Crippen molar-refractivity contribution in [3.05, 3.63) is 83.9 Å². The molecule has 0 bridgehead atoms. The lowest BCUT2D eigenvalue weighted by Gasteiger charge is -2.13. The molecular formula is C20H18O2. The first-order valence-electron chi connectivity index (χ1n) is 7.27. The summed E-state index contributed by atoms with van der Waals surface area (Å²) < 4.78 is 5.50. The molecule has 0 aromatic heterocycles. The lowest BCUT2D eigenvalue weighted by atomic mass is 9.98. The Kier molecular flexibility index (Phi) is 4.10. The topological polar surface area (TPSA) is 29.5 Å². The Morgan fingerprint density at radius 3 is 2.09 bits per heavy atom. The van der Waals surface area contributed by atoms with E-state index < -0.39 is 0 Å². The maximum atomic E-state index is 10.4. The quantitative estimate of drug-likeness (QED) is 0.757. The molecule has 0 atom stereocenters. The fraction of sp³-hybridized carbons (Fsp3) is 0.100. The van der Waals surface area contributed by atoms with Crippen LogP contribution in [0.15, 0.2) is 72.8 Å². The fourth-order valence-corrected chi connectivity index (χ4v) is 2.59. The number of hydrogen-bond donors (Lipinski definition) is 1. The summed E-state index contributed by atoms with van der Waals surface area (Å²) in [6, 6.07) is 23.8. The zero-order valence-corrected chi connectivity index (χ0v) is 12.5. The van der Waals surface area contributed by atoms with E-state index in [0.29, 0.717) is 12.2 Å². The number of benzene rings is 3. The van der Waals surface area contributed by atoms with E-state index in [1.165, 1.54) is 0 Å². The van der Waals surface area contributed by atoms with Crippen LogP contribution in [0.3, 0.4) is 0 Å². The molecule has 0 fully saturated rings. The third-order valence-corrected chi connectivity index (χ3v) is 3.74. The van der Waals surface area contributed by atoms with Crippen molar-refractivity contribution in [2.45, 2.75) is 6.42 Å². The van der Waals surface area contributed by atoms with Gasteiger partial charge in [0.25, 0.3) is 0 Å². The van der Waals surface area contributed by atoms with E-state index >= 15 is 0 Å². The highest BCUT2D eigenvalue weighted by atomic mass is 16.5. The maximum absolute atomic E-state index is 10.4. The first kappa shape index (κ1) is 14.2. The van der Waals surface area contributed by atoms with Gasteiger partial charge >= 0.3 is 0 Å². The van der Waals surface area contributed by atoms with Crippen LogP contribution < -0.4 is 4.74 Å². The van der Waals surface area contributed by atoms with Gasteiger partial charge in [-0.05, 0) is 28.8 Å². The highest BCUT2D eigenvalue weighted by molar-refractivity contribution is 5.69. The van der Waals surface area contributed by atoms with E-state index in [4.69, 9.17) is 4.74 Å². The molecule has 22 heavy (non-hydrogen) atoms. The molecule has 0 radical (unpaired) electrons. The summed E-state index contributed by atoms with van der Waals surface area (Å²) in [5, 5.41) is 10.4. The average Bonchev–Trinajstić information content (AvgIpc) is 2.58. The van der Waals surface area contributed by atoms with E-state index in [2.05, 4.69) is 0 Å². The van der Waals surface area contributed by atoms with Gasteiger partial charge < -0.3 is 9.84 Å². The summed E-state index contributed by atoms with van der Waals surface area (Å²) in [4.78, 5) is 0. The van der Waals surface area contributed by atoms with E-state index in [0.717, 1.165) is 22.3 Å². The third-order valence-electron chi connectivity index (χ3n) is 3.74. The summed E-state index contributed by atoms with van der Waals surface area (Å²) in [6.07, 6.45) is 0.644. The Morgan fingerprint density at radius 2 is 1.45 bits per heavy atom. The van der Waals surface area contributed by atoms with Crippen molar-refractivity contribution in [2.75, 3.05) is 7.11 Å². The number of phenols is 1. The summed E-state index contributed by atoms with van der Waals surface area (Å²) in [6.45, 7) is 0. The van der Waals surface area contributed by atoms with Crippen molar-refractivity contribution in [1.29, 1.82) is 0 Å². The highest BCUT2D eigenvalue weighted by Gasteiger charge is 2.12. The number of hydrogen-bond acceptors (Lipinski definition) is 2. The molecule has 0 saturated carbocycles. The third kappa shape index (κ3) is 2.96. The predicted octanol–water partition coefficient (Wildman–Crippen LogP) is 4.66. The number of ether oxygens (including phenoxy) is 1. The fourth-order valence-electron chi connectivity index (χ4n) is 2.59. The van der Waals surface area contributed by atoms with Gasteiger partial charge in [-0.15, -0.1) is 0 Å². The number of rotatable bonds is 4. The van der Waals surface area contributed by atoms with Crippen molar-refractivity contribution in [2.24, 2.45) is 0 Å². The Balaban J connectivity index is 2.01. The molecule has 110 valence electrons. The van der Waals surface area contributed by atoms with Gasteiger partial charge in [0, 0.05) is 12.0 Å². The molecule has 0 amide bonds. The van der Waals surface area contributed by atoms with Crippen molar-refractivity contribution in [3.63, 3.8) is 0 Å². The molecule has 0 saturated heterocycles. The van der Waals surface area contributed by atoms with Crippen LogP contribution in [0.2, 0.25) is 0 Å². The van der Waals surface area contributed by atoms with Gasteiger partial charge in [0.1, 0.15) is 11.5 Å². The van der Waals surface area contributed by atoms with Crippen molar-refractivity contribution in [3.8, 4) is 22.6 Å². The van der Waals surface area contributed by atoms with E-state index in [1.807, 2.05) is 66.7 Å². The minimum Gasteiger partial charge on any atom is -0.507 e. The van der Waals surface area contributed by atoms with Gasteiger partial charge in [-0.3, -0.25) is 0 Å². The van der Waals surface area contributed by atoms with Crippen LogP contribution >= 0.6 is 0 Å². The van der Waals surface area contributed by atoms with E-state index in [1.54, 1.807) is 13.2 Å². The van der Waals surface area contributed by atoms with Crippen LogP contribution in [0.5, 0.6) is 11.5 Å². The van der Waals surface area contributed by atoms with Crippen LogP contribution in [-0.4, -0.2) is 12.2 Å². The van der Waals surface area contributed by atoms with Gasteiger partial charge in [0.05, 0.1) is 7.11 Å². The molecule has 1 N–H and O–H groups in total. The molecule has 2 nitrogen and oxygen atoms in total. The lowest BCUT2D eigenvalue weighted by Crippen LogP contribution is -1.95. The highest BCUT2D eigenvalue weighted by Crippen LogP contribution is 2.35. The number of phenolic OH excluding ortho intramolecular Hbond substituents is 1. The largest absolute Gasteiger partial charge is 0.507 e. The van der Waals surface area contributed by atoms with Crippen LogP contribution in [0.4, 0.5) is 0 Å². The second kappa shape index (κ2) is 6.35. The van der Waals surface area contributed by atoms with E-state index in [-0.39, 0.29) is 5.75 Å². The van der Waals surface area contributed by atoms with Crippen molar-refractivity contribution < 1.29 is 9.84 Å². The normalized spacial score (nSPS) is 10.4. The van der Waals surface area contributed by atoms with Crippen molar-refractivity contribution >= 4 is 0 Å². The molecule has 0 spiro atoms. The van der Waals surface area contributed by atoms with Gasteiger partial charge in [-0.1, -0.05) is 60.7 Å². The second-order valence-corrected chi connectivity index (χ2v) is 5.20. The Labute approximate surface area is 130 Å². The smallest absolute Gasteiger partial charge is 0.126 e. The number of methoxy groups -OCH3 is 1. The molecule has 3 aromatic rings. The Hall–Kier alpha value is -2.74. The van der Waals surface area contributed by atoms with Crippen LogP contribution in [0.25, 0.3) is 11.1 Å². The predicted molar refractivity (Wildman–Crippen MR) is 89.3 cm³/mol. The standard InChI is InChI=1S/C20H18O2/c1-22-20-14-17(16-10-6-3-7-11-16)13-19(21)18(20)12-15-8-4-2-5-9-15/h2-11,13-14,21H,12H2,1H3. The van der Waals surface area contributed by atoms with E-state index in [9.17, 15) is 5.11 Å². The van der Waals surface area contributed by atoms with Crippen LogP contribution in [0, 0.1) is 0 Å². The summed E-state index contributed by atoms with van der Waals surface area (Å²) in [5.41, 5.74) is 3.96. The summed E-state index contributed by atoms with van der Waals surface area (Å²) in [5.74, 6) is 0.977. The first-order chi connectivity index (χ1) is 10.8. The zero-order valence-electron chi connectivity index (χ0n) is 12.5. The molecule has 3 rings (SSSR count). The molecule has 0 aliphatic carbocycles. The van der Waals surface area contributed by atoms with Crippen LogP contribution in [-0.2, 0) is 6.42 Å². The Morgan fingerprint density at radius 1 is 0.818 bits per heavy atom. The summed E-state index contributed by atoms with van der Waals surface area (Å²) >= 11 is 0. The molecular weight excluding hydrogens is 272 g/mol. The average molecular weight is 290 g/mol. The minimum absolute atomic E-state index is 0.266. The Bertz CT molecular complexity index is 749. The molecule has 2 heteroatoms. The first-order valence-corrected chi connectivity index (χ1v) is 7.27.